The summed E-state index contributed by atoms with van der Waals surface area (Å²) in [4.78, 5) is 31.7. The molecular weight excluding hydrogens is 437 g/mol. The van der Waals surface area contributed by atoms with Crippen LogP contribution in [0.2, 0.25) is 0 Å². The third-order valence-corrected chi connectivity index (χ3v) is 6.52. The van der Waals surface area contributed by atoms with E-state index in [9.17, 15) is 22.8 Å². The first-order chi connectivity index (χ1) is 15.8. The normalized spacial score (nSPS) is 21.1. The maximum Gasteiger partial charge on any atom is 0.406 e. The van der Waals surface area contributed by atoms with Crippen molar-refractivity contribution in [2.75, 3.05) is 45.9 Å². The van der Waals surface area contributed by atoms with Crippen LogP contribution in [0.1, 0.15) is 27.3 Å². The summed E-state index contributed by atoms with van der Waals surface area (Å²) in [5, 5.41) is 0.447. The largest absolute Gasteiger partial charge is 0.406 e. The maximum absolute atomic E-state index is 13.4. The lowest BCUT2D eigenvalue weighted by atomic mass is 10.1. The van der Waals surface area contributed by atoms with E-state index in [1.165, 1.54) is 17.0 Å². The molecule has 10 heteroatoms. The molecular formula is C23H25F3N4O3. The van der Waals surface area contributed by atoms with E-state index in [2.05, 4.69) is 17.2 Å². The number of rotatable bonds is 3. The number of hydrogen-bond acceptors (Lipinski definition) is 4. The lowest BCUT2D eigenvalue weighted by molar-refractivity contribution is -0.140. The number of benzene rings is 1. The van der Waals surface area contributed by atoms with Gasteiger partial charge in [-0.15, -0.1) is 0 Å². The van der Waals surface area contributed by atoms with Gasteiger partial charge in [0.2, 0.25) is 0 Å². The molecule has 0 bridgehead atoms. The van der Waals surface area contributed by atoms with Gasteiger partial charge in [-0.05, 0) is 36.9 Å². The van der Waals surface area contributed by atoms with E-state index >= 15 is 0 Å². The standard InChI is InChI=1S/C23H25F3N4O3/c24-23(25,26)15-30-19-4-3-16(21(31)29-7-6-27-5-1-2-18(27)14-29)12-17(19)13-20(30)22(32)28-8-10-33-11-9-28/h1,3-5,12-13,18H,2,6-11,14-15H2. The number of carbonyl (C=O) groups is 2. The van der Waals surface area contributed by atoms with Gasteiger partial charge in [-0.3, -0.25) is 9.59 Å². The van der Waals surface area contributed by atoms with Gasteiger partial charge in [0.15, 0.2) is 0 Å². The maximum atomic E-state index is 13.4. The molecule has 1 aromatic heterocycles. The average molecular weight is 462 g/mol. The number of hydrogen-bond donors (Lipinski definition) is 0. The quantitative estimate of drug-likeness (QED) is 0.704. The van der Waals surface area contributed by atoms with Crippen molar-refractivity contribution in [1.82, 2.24) is 19.3 Å². The minimum Gasteiger partial charge on any atom is -0.378 e. The fourth-order valence-electron chi connectivity index (χ4n) is 4.86. The smallest absolute Gasteiger partial charge is 0.378 e. The topological polar surface area (TPSA) is 58.0 Å². The van der Waals surface area contributed by atoms with Crippen LogP contribution in [0.3, 0.4) is 0 Å². The van der Waals surface area contributed by atoms with Gasteiger partial charge in [0.05, 0.1) is 13.2 Å². The molecule has 1 atom stereocenters. The first-order valence-electron chi connectivity index (χ1n) is 11.1. The van der Waals surface area contributed by atoms with Crippen LogP contribution >= 0.6 is 0 Å². The Bertz CT molecular complexity index is 1100. The van der Waals surface area contributed by atoms with Gasteiger partial charge in [0.25, 0.3) is 11.8 Å². The first-order valence-corrected chi connectivity index (χ1v) is 11.1. The van der Waals surface area contributed by atoms with Crippen LogP contribution in [0.5, 0.6) is 0 Å². The minimum absolute atomic E-state index is 0.0283. The van der Waals surface area contributed by atoms with E-state index in [1.807, 2.05) is 0 Å². The number of carbonyl (C=O) groups excluding carboxylic acids is 2. The number of aromatic nitrogens is 1. The fourth-order valence-corrected chi connectivity index (χ4v) is 4.86. The number of fused-ring (bicyclic) bond motifs is 2. The molecule has 1 aromatic carbocycles. The Morgan fingerprint density at radius 3 is 2.55 bits per heavy atom. The van der Waals surface area contributed by atoms with E-state index in [0.29, 0.717) is 50.3 Å². The summed E-state index contributed by atoms with van der Waals surface area (Å²) in [6, 6.07) is 6.41. The average Bonchev–Trinajstić information content (AvgIpc) is 3.41. The van der Waals surface area contributed by atoms with Crippen LogP contribution in [0.4, 0.5) is 13.2 Å². The second-order valence-electron chi connectivity index (χ2n) is 8.67. The number of halogens is 3. The number of piperazine rings is 1. The number of morpholine rings is 1. The molecule has 5 rings (SSSR count). The highest BCUT2D eigenvalue weighted by atomic mass is 19.4. The van der Waals surface area contributed by atoms with Crippen LogP contribution in [0.25, 0.3) is 10.9 Å². The molecule has 0 spiro atoms. The van der Waals surface area contributed by atoms with E-state index in [0.717, 1.165) is 17.5 Å². The Morgan fingerprint density at radius 1 is 1.00 bits per heavy atom. The molecule has 2 fully saturated rings. The van der Waals surface area contributed by atoms with Gasteiger partial charge in [-0.1, -0.05) is 6.08 Å². The van der Waals surface area contributed by atoms with Gasteiger partial charge < -0.3 is 24.0 Å². The third-order valence-electron chi connectivity index (χ3n) is 6.52. The van der Waals surface area contributed by atoms with Crippen LogP contribution in [0, 0.1) is 0 Å². The molecule has 0 saturated carbocycles. The Kier molecular flexibility index (Phi) is 5.55. The van der Waals surface area contributed by atoms with Crippen molar-refractivity contribution in [3.63, 3.8) is 0 Å². The summed E-state index contributed by atoms with van der Waals surface area (Å²) >= 11 is 0. The zero-order valence-electron chi connectivity index (χ0n) is 18.1. The van der Waals surface area contributed by atoms with E-state index in [-0.39, 0.29) is 23.2 Å². The van der Waals surface area contributed by atoms with Crippen LogP contribution in [0.15, 0.2) is 36.5 Å². The van der Waals surface area contributed by atoms with E-state index in [4.69, 9.17) is 4.74 Å². The summed E-state index contributed by atoms with van der Waals surface area (Å²) in [6.07, 6.45) is 0.571. The van der Waals surface area contributed by atoms with Crippen molar-refractivity contribution in [3.8, 4) is 0 Å². The number of alkyl halides is 3. The van der Waals surface area contributed by atoms with Crippen molar-refractivity contribution in [1.29, 1.82) is 0 Å². The number of amides is 2. The molecule has 4 heterocycles. The number of nitrogens with zero attached hydrogens (tertiary/aromatic N) is 4. The molecule has 2 saturated heterocycles. The Hall–Kier alpha value is -3.01. The lowest BCUT2D eigenvalue weighted by Gasteiger charge is -2.38. The number of ether oxygens (including phenoxy) is 1. The molecule has 7 nitrogen and oxygen atoms in total. The van der Waals surface area contributed by atoms with Crippen LogP contribution in [-0.2, 0) is 11.3 Å². The predicted molar refractivity (Wildman–Crippen MR) is 115 cm³/mol. The van der Waals surface area contributed by atoms with Gasteiger partial charge in [0.1, 0.15) is 12.2 Å². The SMILES string of the molecule is O=C(c1ccc2c(c1)cc(C(=O)N1CCOCC1)n2CC(F)(F)F)N1CCN2C=CCC2C1. The first kappa shape index (κ1) is 21.8. The highest BCUT2D eigenvalue weighted by Crippen LogP contribution is 2.28. The summed E-state index contributed by atoms with van der Waals surface area (Å²) < 4.78 is 46.3. The molecule has 2 aromatic rings. The zero-order valence-corrected chi connectivity index (χ0v) is 18.1. The van der Waals surface area contributed by atoms with Crippen LogP contribution in [-0.4, -0.2) is 89.2 Å². The minimum atomic E-state index is -4.49. The molecule has 0 aliphatic carbocycles. The van der Waals surface area contributed by atoms with Gasteiger partial charge in [-0.2, -0.15) is 13.2 Å². The van der Waals surface area contributed by atoms with Gasteiger partial charge >= 0.3 is 6.18 Å². The second-order valence-corrected chi connectivity index (χ2v) is 8.67. The zero-order chi connectivity index (χ0) is 23.2. The molecule has 0 radical (unpaired) electrons. The van der Waals surface area contributed by atoms with Crippen molar-refractivity contribution in [2.45, 2.75) is 25.2 Å². The van der Waals surface area contributed by atoms with E-state index in [1.54, 1.807) is 17.0 Å². The molecule has 2 amide bonds. The summed E-state index contributed by atoms with van der Waals surface area (Å²) in [6.45, 7) is 2.06. The van der Waals surface area contributed by atoms with Crippen molar-refractivity contribution in [3.05, 3.63) is 47.8 Å². The monoisotopic (exact) mass is 462 g/mol. The summed E-state index contributed by atoms with van der Waals surface area (Å²) in [7, 11) is 0. The van der Waals surface area contributed by atoms with Gasteiger partial charge in [0, 0.05) is 55.2 Å². The molecule has 33 heavy (non-hydrogen) atoms. The fraction of sp³-hybridized carbons (Fsp3) is 0.478. The highest BCUT2D eigenvalue weighted by Gasteiger charge is 2.33. The Balaban J connectivity index is 1.46. The molecule has 0 N–H and O–H groups in total. The lowest BCUT2D eigenvalue weighted by Crippen LogP contribution is -2.51. The molecule has 176 valence electrons. The highest BCUT2D eigenvalue weighted by molar-refractivity contribution is 6.02. The second kappa shape index (κ2) is 8.40. The Morgan fingerprint density at radius 2 is 1.79 bits per heavy atom. The van der Waals surface area contributed by atoms with Gasteiger partial charge in [-0.25, -0.2) is 0 Å². The van der Waals surface area contributed by atoms with Crippen molar-refractivity contribution >= 4 is 22.7 Å². The third kappa shape index (κ3) is 4.31. The van der Waals surface area contributed by atoms with E-state index < -0.39 is 18.6 Å². The van der Waals surface area contributed by atoms with Crippen molar-refractivity contribution in [2.24, 2.45) is 0 Å². The Labute approximate surface area is 189 Å². The summed E-state index contributed by atoms with van der Waals surface area (Å²) in [5.74, 6) is -0.607. The summed E-state index contributed by atoms with van der Waals surface area (Å²) in [5.41, 5.74) is 0.668. The van der Waals surface area contributed by atoms with Crippen LogP contribution < -0.4 is 0 Å². The predicted octanol–water partition coefficient (Wildman–Crippen LogP) is 2.72. The molecule has 1 unspecified atom stereocenters. The molecule has 3 aliphatic rings. The van der Waals surface area contributed by atoms with Crippen molar-refractivity contribution < 1.29 is 27.5 Å². The molecule has 3 aliphatic heterocycles.